The molecule has 0 N–H and O–H groups in total. The molecule has 1 rings (SSSR count). The molecule has 0 fully saturated rings. The van der Waals surface area contributed by atoms with Crippen molar-refractivity contribution in [3.05, 3.63) is 36.1 Å². The average Bonchev–Trinajstić information content (AvgIpc) is 1.99. The lowest BCUT2D eigenvalue weighted by Gasteiger charge is -2.01. The van der Waals surface area contributed by atoms with E-state index in [1.54, 1.807) is 0 Å². The maximum Gasteiger partial charge on any atom is 0.316 e. The highest BCUT2D eigenvalue weighted by atomic mass is 35.5. The van der Waals surface area contributed by atoms with Crippen molar-refractivity contribution in [2.45, 2.75) is 6.92 Å². The molecule has 15 heavy (non-hydrogen) atoms. The number of hydrogen-bond acceptors (Lipinski definition) is 5. The second kappa shape index (κ2) is 3.95. The molecule has 0 aliphatic carbocycles. The molecule has 0 aromatic carbocycles. The predicted molar refractivity (Wildman–Crippen MR) is 52.3 cm³/mol. The largest absolute Gasteiger partial charge is 0.316 e. The van der Waals surface area contributed by atoms with E-state index in [0.717, 1.165) is 0 Å². The first-order valence-corrected chi connectivity index (χ1v) is 4.26. The fourth-order valence-corrected chi connectivity index (χ4v) is 1.67. The lowest BCUT2D eigenvalue weighted by molar-refractivity contribution is -0.395. The minimum atomic E-state index is -0.839. The van der Waals surface area contributed by atoms with Gasteiger partial charge in [0, 0.05) is 0 Å². The fourth-order valence-electron chi connectivity index (χ4n) is 1.04. The first-order valence-electron chi connectivity index (χ1n) is 3.50. The van der Waals surface area contributed by atoms with Crippen molar-refractivity contribution in [2.24, 2.45) is 0 Å². The average molecular weight is 252 g/mol. The van der Waals surface area contributed by atoms with E-state index in [9.17, 15) is 20.2 Å². The van der Waals surface area contributed by atoms with Crippen LogP contribution in [0.4, 0.5) is 11.4 Å². The Hall–Kier alpha value is -1.47. The summed E-state index contributed by atoms with van der Waals surface area (Å²) in [7, 11) is 0. The van der Waals surface area contributed by atoms with E-state index >= 15 is 0 Å². The smallest absolute Gasteiger partial charge is 0.258 e. The minimum Gasteiger partial charge on any atom is -0.258 e. The van der Waals surface area contributed by atoms with Crippen molar-refractivity contribution in [1.29, 1.82) is 0 Å². The lowest BCUT2D eigenvalue weighted by atomic mass is 10.2. The molecule has 9 heteroatoms. The van der Waals surface area contributed by atoms with Crippen LogP contribution in [-0.2, 0) is 0 Å². The molecule has 0 aliphatic heterocycles. The maximum atomic E-state index is 10.5. The van der Waals surface area contributed by atoms with Crippen molar-refractivity contribution in [1.82, 2.24) is 4.98 Å². The summed E-state index contributed by atoms with van der Waals surface area (Å²) < 4.78 is 0. The molecule has 1 aromatic heterocycles. The summed E-state index contributed by atoms with van der Waals surface area (Å²) in [5.41, 5.74) is -1.42. The Morgan fingerprint density at radius 3 is 1.67 bits per heavy atom. The zero-order valence-electron chi connectivity index (χ0n) is 7.23. The van der Waals surface area contributed by atoms with Gasteiger partial charge < -0.3 is 0 Å². The normalized spacial score (nSPS) is 10.1. The molecule has 1 heterocycles. The van der Waals surface area contributed by atoms with Crippen LogP contribution in [0.3, 0.4) is 0 Å². The van der Waals surface area contributed by atoms with Crippen LogP contribution in [-0.4, -0.2) is 14.8 Å². The van der Waals surface area contributed by atoms with Crippen LogP contribution in [0.2, 0.25) is 10.3 Å². The van der Waals surface area contributed by atoms with Gasteiger partial charge >= 0.3 is 11.4 Å². The third-order valence-corrected chi connectivity index (χ3v) is 2.19. The van der Waals surface area contributed by atoms with E-state index in [1.165, 1.54) is 6.92 Å². The summed E-state index contributed by atoms with van der Waals surface area (Å²) in [4.78, 5) is 22.7. The number of halogens is 2. The molecule has 0 aliphatic rings. The lowest BCUT2D eigenvalue weighted by Crippen LogP contribution is -2.01. The van der Waals surface area contributed by atoms with Crippen molar-refractivity contribution < 1.29 is 9.85 Å². The highest BCUT2D eigenvalue weighted by Crippen LogP contribution is 2.36. The number of rotatable bonds is 2. The molecular formula is C6H3Cl2N3O4. The van der Waals surface area contributed by atoms with Crippen molar-refractivity contribution in [3.8, 4) is 0 Å². The Labute approximate surface area is 92.9 Å². The van der Waals surface area contributed by atoms with E-state index in [0.29, 0.717) is 0 Å². The highest BCUT2D eigenvalue weighted by Gasteiger charge is 2.30. The fraction of sp³-hybridized carbons (Fsp3) is 0.167. The molecule has 0 spiro atoms. The van der Waals surface area contributed by atoms with E-state index in [-0.39, 0.29) is 5.56 Å². The van der Waals surface area contributed by atoms with E-state index < -0.39 is 31.5 Å². The Bertz CT molecular complexity index is 424. The van der Waals surface area contributed by atoms with Crippen LogP contribution in [0.15, 0.2) is 0 Å². The van der Waals surface area contributed by atoms with Gasteiger partial charge in [-0.1, -0.05) is 23.2 Å². The van der Waals surface area contributed by atoms with Gasteiger partial charge in [-0.25, -0.2) is 4.98 Å². The van der Waals surface area contributed by atoms with Gasteiger partial charge in [0.25, 0.3) is 0 Å². The first-order chi connectivity index (χ1) is 6.86. The van der Waals surface area contributed by atoms with Crippen LogP contribution in [0, 0.1) is 27.2 Å². The summed E-state index contributed by atoms with van der Waals surface area (Å²) in [6.07, 6.45) is 0. The van der Waals surface area contributed by atoms with Crippen molar-refractivity contribution >= 4 is 34.6 Å². The molecule has 0 amide bonds. The number of nitro groups is 2. The second-order valence-electron chi connectivity index (χ2n) is 2.53. The SMILES string of the molecule is Cc1c([N+](=O)[O-])c(Cl)nc(Cl)c1[N+](=O)[O-]. The molecule has 0 bridgehead atoms. The summed E-state index contributed by atoms with van der Waals surface area (Å²) in [5, 5.41) is 20.2. The Balaban J connectivity index is 3.64. The highest BCUT2D eigenvalue weighted by molar-refractivity contribution is 6.35. The van der Waals surface area contributed by atoms with Gasteiger partial charge in [-0.05, 0) is 6.92 Å². The van der Waals surface area contributed by atoms with Gasteiger partial charge in [0.05, 0.1) is 9.85 Å². The summed E-state index contributed by atoms with van der Waals surface area (Å²) >= 11 is 10.9. The van der Waals surface area contributed by atoms with Crippen LogP contribution < -0.4 is 0 Å². The standard InChI is InChI=1S/C6H3Cl2N3O4/c1-2-3(10(12)13)5(7)9-6(8)4(2)11(14)15/h1H3. The molecule has 80 valence electrons. The molecule has 0 radical (unpaired) electrons. The Morgan fingerprint density at radius 2 is 1.40 bits per heavy atom. The van der Waals surface area contributed by atoms with E-state index in [1.807, 2.05) is 0 Å². The van der Waals surface area contributed by atoms with Crippen molar-refractivity contribution in [2.75, 3.05) is 0 Å². The predicted octanol–water partition coefficient (Wildman–Crippen LogP) is 2.51. The quantitative estimate of drug-likeness (QED) is 0.457. The second-order valence-corrected chi connectivity index (χ2v) is 3.25. The van der Waals surface area contributed by atoms with Gasteiger partial charge in [0.15, 0.2) is 0 Å². The van der Waals surface area contributed by atoms with Crippen LogP contribution >= 0.6 is 23.2 Å². The van der Waals surface area contributed by atoms with Crippen molar-refractivity contribution in [3.63, 3.8) is 0 Å². The molecule has 7 nitrogen and oxygen atoms in total. The number of nitrogens with zero attached hydrogens (tertiary/aromatic N) is 3. The molecular weight excluding hydrogens is 249 g/mol. The van der Waals surface area contributed by atoms with E-state index in [2.05, 4.69) is 4.98 Å². The van der Waals surface area contributed by atoms with E-state index in [4.69, 9.17) is 23.2 Å². The zero-order valence-corrected chi connectivity index (χ0v) is 8.74. The summed E-state index contributed by atoms with van der Waals surface area (Å²) in [6, 6.07) is 0. The summed E-state index contributed by atoms with van der Waals surface area (Å²) in [6.45, 7) is 1.19. The van der Waals surface area contributed by atoms with Gasteiger partial charge in [-0.15, -0.1) is 0 Å². The number of pyridine rings is 1. The van der Waals surface area contributed by atoms with Crippen LogP contribution in [0.25, 0.3) is 0 Å². The molecule has 1 aromatic rings. The van der Waals surface area contributed by atoms with Gasteiger partial charge in [0.2, 0.25) is 10.3 Å². The monoisotopic (exact) mass is 251 g/mol. The summed E-state index contributed by atoms with van der Waals surface area (Å²) in [5.74, 6) is 0. The Morgan fingerprint density at radius 1 is 1.07 bits per heavy atom. The zero-order chi connectivity index (χ0) is 11.7. The maximum absolute atomic E-state index is 10.5. The number of aromatic nitrogens is 1. The third kappa shape index (κ3) is 1.97. The molecule has 0 saturated heterocycles. The molecule has 0 saturated carbocycles. The Kier molecular flexibility index (Phi) is 3.06. The minimum absolute atomic E-state index is 0.213. The first kappa shape index (κ1) is 11.6. The number of hydrogen-bond donors (Lipinski definition) is 0. The van der Waals surface area contributed by atoms with Crippen LogP contribution in [0.1, 0.15) is 5.56 Å². The van der Waals surface area contributed by atoms with Gasteiger partial charge in [-0.2, -0.15) is 0 Å². The third-order valence-electron chi connectivity index (χ3n) is 1.66. The van der Waals surface area contributed by atoms with Gasteiger partial charge in [-0.3, -0.25) is 20.2 Å². The van der Waals surface area contributed by atoms with Crippen LogP contribution in [0.5, 0.6) is 0 Å². The molecule has 0 atom stereocenters. The topological polar surface area (TPSA) is 99.2 Å². The molecule has 0 unspecified atom stereocenters. The van der Waals surface area contributed by atoms with Gasteiger partial charge in [0.1, 0.15) is 5.56 Å².